The summed E-state index contributed by atoms with van der Waals surface area (Å²) in [4.78, 5) is 22.5. The van der Waals surface area contributed by atoms with Crippen molar-refractivity contribution in [2.24, 2.45) is 0 Å². The van der Waals surface area contributed by atoms with E-state index in [1.54, 1.807) is 6.20 Å². The zero-order chi connectivity index (χ0) is 18.1. The number of H-pyrrole nitrogens is 1. The molecule has 0 atom stereocenters. The maximum atomic E-state index is 13.0. The molecule has 0 unspecified atom stereocenters. The van der Waals surface area contributed by atoms with Crippen LogP contribution in [-0.2, 0) is 4.74 Å². The first-order chi connectivity index (χ1) is 12.6. The van der Waals surface area contributed by atoms with E-state index in [1.807, 2.05) is 42.3 Å². The monoisotopic (exact) mass is 406 g/mol. The largest absolute Gasteiger partial charge is 0.378 e. The highest BCUT2D eigenvalue weighted by Gasteiger charge is 2.23. The highest BCUT2D eigenvalue weighted by atomic mass is 35.5. The Bertz CT molecular complexity index is 967. The van der Waals surface area contributed by atoms with Gasteiger partial charge < -0.3 is 19.9 Å². The summed E-state index contributed by atoms with van der Waals surface area (Å²) in [5, 5.41) is 4.81. The SMILES string of the molecule is Cc1c[nH]c2c(Nc3cccc(Cl)c3)ncc(C(=O)N3CCOCC3)c12.Cl. The van der Waals surface area contributed by atoms with Crippen molar-refractivity contribution in [3.63, 3.8) is 0 Å². The molecule has 0 bridgehead atoms. The molecule has 2 N–H and O–H groups in total. The van der Waals surface area contributed by atoms with Gasteiger partial charge in [0.2, 0.25) is 0 Å². The molecule has 142 valence electrons. The van der Waals surface area contributed by atoms with E-state index in [9.17, 15) is 4.79 Å². The molecule has 0 radical (unpaired) electrons. The van der Waals surface area contributed by atoms with Gasteiger partial charge in [0.05, 0.1) is 24.3 Å². The van der Waals surface area contributed by atoms with Crippen LogP contribution in [0.5, 0.6) is 0 Å². The molecule has 1 aromatic carbocycles. The number of aryl methyl sites for hydroxylation is 1. The average Bonchev–Trinajstić information content (AvgIpc) is 3.05. The van der Waals surface area contributed by atoms with E-state index in [0.29, 0.717) is 42.7 Å². The van der Waals surface area contributed by atoms with E-state index >= 15 is 0 Å². The van der Waals surface area contributed by atoms with Crippen molar-refractivity contribution in [3.8, 4) is 0 Å². The maximum Gasteiger partial charge on any atom is 0.256 e. The molecule has 6 nitrogen and oxygen atoms in total. The molecule has 3 aromatic rings. The van der Waals surface area contributed by atoms with Crippen molar-refractivity contribution in [1.82, 2.24) is 14.9 Å². The first-order valence-corrected chi connectivity index (χ1v) is 8.87. The summed E-state index contributed by atoms with van der Waals surface area (Å²) >= 11 is 6.06. The zero-order valence-corrected chi connectivity index (χ0v) is 16.4. The summed E-state index contributed by atoms with van der Waals surface area (Å²) in [5.41, 5.74) is 3.26. The Kier molecular flexibility index (Phi) is 5.89. The fraction of sp³-hybridized carbons (Fsp3) is 0.263. The third-order valence-electron chi connectivity index (χ3n) is 4.52. The summed E-state index contributed by atoms with van der Waals surface area (Å²) in [7, 11) is 0. The molecule has 1 aliphatic rings. The Morgan fingerprint density at radius 3 is 2.85 bits per heavy atom. The minimum atomic E-state index is -0.0113. The smallest absolute Gasteiger partial charge is 0.256 e. The van der Waals surface area contributed by atoms with Crippen LogP contribution in [0.15, 0.2) is 36.7 Å². The van der Waals surface area contributed by atoms with Gasteiger partial charge in [0.25, 0.3) is 5.91 Å². The predicted molar refractivity (Wildman–Crippen MR) is 110 cm³/mol. The Labute approximate surface area is 168 Å². The number of nitrogens with zero attached hydrogens (tertiary/aromatic N) is 2. The van der Waals surface area contributed by atoms with Gasteiger partial charge in [-0.1, -0.05) is 17.7 Å². The molecule has 1 amide bonds. The summed E-state index contributed by atoms with van der Waals surface area (Å²) in [6, 6.07) is 7.44. The van der Waals surface area contributed by atoms with Crippen LogP contribution in [0.25, 0.3) is 10.9 Å². The molecule has 1 fully saturated rings. The van der Waals surface area contributed by atoms with Crippen LogP contribution in [0.4, 0.5) is 11.5 Å². The number of benzene rings is 1. The van der Waals surface area contributed by atoms with E-state index < -0.39 is 0 Å². The van der Waals surface area contributed by atoms with Gasteiger partial charge in [-0.05, 0) is 30.7 Å². The summed E-state index contributed by atoms with van der Waals surface area (Å²) in [6.45, 7) is 4.34. The fourth-order valence-electron chi connectivity index (χ4n) is 3.21. The highest BCUT2D eigenvalue weighted by Crippen LogP contribution is 2.30. The second kappa shape index (κ2) is 8.17. The second-order valence-electron chi connectivity index (χ2n) is 6.28. The van der Waals surface area contributed by atoms with Gasteiger partial charge in [-0.15, -0.1) is 12.4 Å². The molecule has 3 heterocycles. The lowest BCUT2D eigenvalue weighted by Crippen LogP contribution is -2.40. The van der Waals surface area contributed by atoms with E-state index in [2.05, 4.69) is 15.3 Å². The number of nitrogens with one attached hydrogen (secondary N) is 2. The quantitative estimate of drug-likeness (QED) is 0.684. The first kappa shape index (κ1) is 19.5. The van der Waals surface area contributed by atoms with Crippen molar-refractivity contribution >= 4 is 52.3 Å². The number of pyridine rings is 1. The number of fused-ring (bicyclic) bond motifs is 1. The number of rotatable bonds is 3. The van der Waals surface area contributed by atoms with Crippen LogP contribution >= 0.6 is 24.0 Å². The van der Waals surface area contributed by atoms with E-state index in [0.717, 1.165) is 22.2 Å². The van der Waals surface area contributed by atoms with Gasteiger partial charge in [0.15, 0.2) is 5.82 Å². The zero-order valence-electron chi connectivity index (χ0n) is 14.8. The van der Waals surface area contributed by atoms with Crippen molar-refractivity contribution in [1.29, 1.82) is 0 Å². The molecule has 0 saturated carbocycles. The summed E-state index contributed by atoms with van der Waals surface area (Å²) < 4.78 is 5.34. The molecule has 1 aliphatic heterocycles. The lowest BCUT2D eigenvalue weighted by atomic mass is 10.1. The molecule has 27 heavy (non-hydrogen) atoms. The molecule has 2 aromatic heterocycles. The number of amides is 1. The number of carbonyl (C=O) groups excluding carboxylic acids is 1. The lowest BCUT2D eigenvalue weighted by Gasteiger charge is -2.27. The molecule has 0 spiro atoms. The standard InChI is InChI=1S/C19H19ClN4O2.ClH/c1-12-10-21-17-16(12)15(19(25)24-5-7-26-8-6-24)11-22-18(17)23-14-4-2-3-13(20)9-14;/h2-4,9-11,21H,5-8H2,1H3,(H,22,23);1H. The predicted octanol–water partition coefficient (Wildman–Crippen LogP) is 4.16. The third-order valence-corrected chi connectivity index (χ3v) is 4.76. The van der Waals surface area contributed by atoms with E-state index in [-0.39, 0.29) is 18.3 Å². The summed E-state index contributed by atoms with van der Waals surface area (Å²) in [5.74, 6) is 0.650. The van der Waals surface area contributed by atoms with Crippen molar-refractivity contribution < 1.29 is 9.53 Å². The second-order valence-corrected chi connectivity index (χ2v) is 6.72. The number of ether oxygens (including phenoxy) is 1. The van der Waals surface area contributed by atoms with Gasteiger partial charge in [-0.2, -0.15) is 0 Å². The van der Waals surface area contributed by atoms with Gasteiger partial charge in [0.1, 0.15) is 0 Å². The third kappa shape index (κ3) is 3.88. The van der Waals surface area contributed by atoms with Crippen LogP contribution in [0.2, 0.25) is 5.02 Å². The van der Waals surface area contributed by atoms with Crippen LogP contribution in [-0.4, -0.2) is 47.1 Å². The number of halogens is 2. The molecule has 4 rings (SSSR count). The van der Waals surface area contributed by atoms with Crippen LogP contribution in [0.3, 0.4) is 0 Å². The fourth-order valence-corrected chi connectivity index (χ4v) is 3.40. The molecular weight excluding hydrogens is 387 g/mol. The Morgan fingerprint density at radius 1 is 1.33 bits per heavy atom. The number of hydrogen-bond acceptors (Lipinski definition) is 4. The topological polar surface area (TPSA) is 70.2 Å². The number of aromatic nitrogens is 2. The van der Waals surface area contributed by atoms with Gasteiger partial charge in [-0.25, -0.2) is 4.98 Å². The van der Waals surface area contributed by atoms with Crippen molar-refractivity contribution in [3.05, 3.63) is 52.8 Å². The minimum absolute atomic E-state index is 0. The first-order valence-electron chi connectivity index (χ1n) is 8.50. The van der Waals surface area contributed by atoms with E-state index in [1.165, 1.54) is 0 Å². The van der Waals surface area contributed by atoms with Gasteiger partial charge in [-0.3, -0.25) is 4.79 Å². The molecule has 1 saturated heterocycles. The normalized spacial score (nSPS) is 14.1. The van der Waals surface area contributed by atoms with Crippen LogP contribution < -0.4 is 5.32 Å². The average molecular weight is 407 g/mol. The summed E-state index contributed by atoms with van der Waals surface area (Å²) in [6.07, 6.45) is 3.54. The Balaban J connectivity index is 0.00000210. The van der Waals surface area contributed by atoms with Crippen LogP contribution in [0, 0.1) is 6.92 Å². The molecule has 8 heteroatoms. The molecular formula is C19H20Cl2N4O2. The minimum Gasteiger partial charge on any atom is -0.378 e. The molecule has 0 aliphatic carbocycles. The van der Waals surface area contributed by atoms with Gasteiger partial charge >= 0.3 is 0 Å². The maximum absolute atomic E-state index is 13.0. The van der Waals surface area contributed by atoms with Crippen molar-refractivity contribution in [2.45, 2.75) is 6.92 Å². The number of aromatic amines is 1. The lowest BCUT2D eigenvalue weighted by molar-refractivity contribution is 0.0304. The number of hydrogen-bond donors (Lipinski definition) is 2. The van der Waals surface area contributed by atoms with Gasteiger partial charge in [0, 0.05) is 41.6 Å². The Hall–Kier alpha value is -2.28. The van der Waals surface area contributed by atoms with E-state index in [4.69, 9.17) is 16.3 Å². The number of morpholine rings is 1. The van der Waals surface area contributed by atoms with Crippen LogP contribution in [0.1, 0.15) is 15.9 Å². The number of carbonyl (C=O) groups is 1. The highest BCUT2D eigenvalue weighted by molar-refractivity contribution is 6.30. The van der Waals surface area contributed by atoms with Crippen molar-refractivity contribution in [2.75, 3.05) is 31.6 Å². The number of anilines is 2. The Morgan fingerprint density at radius 2 is 2.11 bits per heavy atom.